The summed E-state index contributed by atoms with van der Waals surface area (Å²) >= 11 is 0. The smallest absolute Gasteiger partial charge is 0.329 e. The quantitative estimate of drug-likeness (QED) is 0.0690. The number of carbonyl (C=O) groups excluding carboxylic acids is 2. The van der Waals surface area contributed by atoms with E-state index in [1.165, 1.54) is 57.4 Å². The van der Waals surface area contributed by atoms with Gasteiger partial charge in [0.1, 0.15) is 10.8 Å². The Bertz CT molecular complexity index is 884. The van der Waals surface area contributed by atoms with Crippen molar-refractivity contribution in [3.63, 3.8) is 0 Å². The molecular formula is C34H52O7. The van der Waals surface area contributed by atoms with Crippen molar-refractivity contribution in [2.24, 2.45) is 16.7 Å². The number of aliphatic carboxylic acids is 2. The van der Waals surface area contributed by atoms with Gasteiger partial charge in [-0.1, -0.05) is 125 Å². The molecule has 1 atom stereocenters. The highest BCUT2D eigenvalue weighted by atomic mass is 16.6. The zero-order valence-corrected chi connectivity index (χ0v) is 25.8. The molecule has 1 fully saturated rings. The van der Waals surface area contributed by atoms with Gasteiger partial charge in [0.15, 0.2) is 0 Å². The summed E-state index contributed by atoms with van der Waals surface area (Å²) in [6, 6.07) is 0. The normalized spacial score (nSPS) is 21.8. The molecule has 0 aliphatic carbocycles. The largest absolute Gasteiger partial charge is 0.481 e. The molecule has 0 spiro atoms. The SMILES string of the molecule is CC=CC1(C=CC)C(=O)OC(=O)C1(C=CC)C=CC.CCCCCCCCCCCCC=CC(CC(=O)O)C(=O)O. The van der Waals surface area contributed by atoms with Crippen LogP contribution < -0.4 is 0 Å². The van der Waals surface area contributed by atoms with Crippen LogP contribution in [0, 0.1) is 16.7 Å². The summed E-state index contributed by atoms with van der Waals surface area (Å²) in [6.45, 7) is 9.50. The van der Waals surface area contributed by atoms with Crippen LogP contribution in [0.3, 0.4) is 0 Å². The maximum atomic E-state index is 12.2. The second-order valence-corrected chi connectivity index (χ2v) is 10.4. The number of carbonyl (C=O) groups is 4. The lowest BCUT2D eigenvalue weighted by Gasteiger charge is -2.31. The van der Waals surface area contributed by atoms with E-state index in [1.807, 2.05) is 33.8 Å². The molecule has 230 valence electrons. The first-order valence-electron chi connectivity index (χ1n) is 15.1. The number of rotatable bonds is 19. The molecule has 1 saturated heterocycles. The van der Waals surface area contributed by atoms with E-state index in [-0.39, 0.29) is 6.42 Å². The monoisotopic (exact) mass is 572 g/mol. The third-order valence-corrected chi connectivity index (χ3v) is 7.07. The third kappa shape index (κ3) is 12.4. The van der Waals surface area contributed by atoms with Crippen molar-refractivity contribution in [1.29, 1.82) is 0 Å². The maximum absolute atomic E-state index is 12.2. The molecule has 1 aliphatic heterocycles. The van der Waals surface area contributed by atoms with Crippen LogP contribution in [0.15, 0.2) is 60.8 Å². The lowest BCUT2D eigenvalue weighted by atomic mass is 9.63. The molecule has 1 rings (SSSR count). The van der Waals surface area contributed by atoms with Crippen molar-refractivity contribution in [3.05, 3.63) is 60.8 Å². The lowest BCUT2D eigenvalue weighted by molar-refractivity contribution is -0.154. The van der Waals surface area contributed by atoms with Gasteiger partial charge in [0.25, 0.3) is 0 Å². The summed E-state index contributed by atoms with van der Waals surface area (Å²) < 4.78 is 4.92. The first kappa shape index (κ1) is 37.8. The standard InChI is InChI=1S/C18H32O4.C16H20O3/c1-2-3-4-5-6-7-8-9-10-11-12-13-14-16(18(21)22)15-17(19)20;1-5-9-15(10-6-2)13(17)19-14(18)16(15,11-7-3)12-8-4/h13-14,16H,2-12,15H2,1H3,(H,19,20)(H,21,22);5-12H,1-4H3. The Morgan fingerprint density at radius 2 is 1.10 bits per heavy atom. The van der Waals surface area contributed by atoms with E-state index < -0.39 is 40.6 Å². The van der Waals surface area contributed by atoms with Crippen molar-refractivity contribution < 1.29 is 34.1 Å². The number of hydrogen-bond acceptors (Lipinski definition) is 5. The van der Waals surface area contributed by atoms with E-state index in [0.29, 0.717) is 0 Å². The van der Waals surface area contributed by atoms with Crippen molar-refractivity contribution in [2.45, 2.75) is 112 Å². The van der Waals surface area contributed by atoms with Gasteiger partial charge in [-0.15, -0.1) is 0 Å². The Hall–Kier alpha value is -3.22. The number of cyclic esters (lactones) is 2. The molecule has 7 heteroatoms. The fourth-order valence-electron chi connectivity index (χ4n) is 5.01. The van der Waals surface area contributed by atoms with Crippen molar-refractivity contribution in [2.75, 3.05) is 0 Å². The molecule has 0 aromatic carbocycles. The zero-order chi connectivity index (χ0) is 31.2. The molecule has 2 N–H and O–H groups in total. The number of allylic oxidation sites excluding steroid dienone is 5. The van der Waals surface area contributed by atoms with Crippen LogP contribution in [0.25, 0.3) is 0 Å². The average molecular weight is 573 g/mol. The van der Waals surface area contributed by atoms with Gasteiger partial charge in [0.05, 0.1) is 12.3 Å². The first-order chi connectivity index (χ1) is 19.6. The lowest BCUT2D eigenvalue weighted by Crippen LogP contribution is -2.39. The Balaban J connectivity index is 0.000000788. The minimum absolute atomic E-state index is 0.343. The first-order valence-corrected chi connectivity index (χ1v) is 15.1. The number of hydrogen-bond donors (Lipinski definition) is 2. The second-order valence-electron chi connectivity index (χ2n) is 10.4. The van der Waals surface area contributed by atoms with Crippen LogP contribution in [-0.4, -0.2) is 34.1 Å². The Morgan fingerprint density at radius 1 is 0.707 bits per heavy atom. The average Bonchev–Trinajstić information content (AvgIpc) is 3.10. The summed E-state index contributed by atoms with van der Waals surface area (Å²) in [7, 11) is 0. The summed E-state index contributed by atoms with van der Waals surface area (Å²) in [4.78, 5) is 45.9. The van der Waals surface area contributed by atoms with Gasteiger partial charge in [-0.05, 0) is 40.5 Å². The van der Waals surface area contributed by atoms with Crippen molar-refractivity contribution in [3.8, 4) is 0 Å². The summed E-state index contributed by atoms with van der Waals surface area (Å²) in [5, 5.41) is 17.5. The number of carboxylic acid groups (broad SMARTS) is 2. The fraction of sp³-hybridized carbons (Fsp3) is 0.588. The summed E-state index contributed by atoms with van der Waals surface area (Å²) in [5.74, 6) is -4.12. The van der Waals surface area contributed by atoms with Crippen LogP contribution in [0.4, 0.5) is 0 Å². The Kier molecular flexibility index (Phi) is 19.8. The van der Waals surface area contributed by atoms with Crippen LogP contribution in [-0.2, 0) is 23.9 Å². The highest BCUT2D eigenvalue weighted by Crippen LogP contribution is 2.51. The molecule has 1 unspecified atom stereocenters. The number of unbranched alkanes of at least 4 members (excludes halogenated alkanes) is 10. The number of esters is 2. The Labute approximate surface area is 247 Å². The zero-order valence-electron chi connectivity index (χ0n) is 25.8. The van der Waals surface area contributed by atoms with E-state index in [1.54, 1.807) is 48.6 Å². The maximum Gasteiger partial charge on any atom is 0.329 e. The molecule has 1 heterocycles. The molecule has 0 aromatic heterocycles. The van der Waals surface area contributed by atoms with Gasteiger partial charge >= 0.3 is 23.9 Å². The van der Waals surface area contributed by atoms with Gasteiger partial charge in [-0.2, -0.15) is 0 Å². The molecule has 0 aromatic rings. The molecule has 0 radical (unpaired) electrons. The molecular weight excluding hydrogens is 520 g/mol. The minimum Gasteiger partial charge on any atom is -0.481 e. The van der Waals surface area contributed by atoms with Crippen molar-refractivity contribution >= 4 is 23.9 Å². The van der Waals surface area contributed by atoms with E-state index in [9.17, 15) is 19.2 Å². The van der Waals surface area contributed by atoms with E-state index in [0.717, 1.165) is 19.3 Å². The molecule has 1 aliphatic rings. The van der Waals surface area contributed by atoms with Crippen LogP contribution in [0.2, 0.25) is 0 Å². The van der Waals surface area contributed by atoms with Crippen LogP contribution in [0.5, 0.6) is 0 Å². The molecule has 7 nitrogen and oxygen atoms in total. The molecule has 0 saturated carbocycles. The minimum atomic E-state index is -1.10. The topological polar surface area (TPSA) is 118 Å². The summed E-state index contributed by atoms with van der Waals surface area (Å²) in [5.41, 5.74) is -2.21. The highest BCUT2D eigenvalue weighted by Gasteiger charge is 2.63. The second kappa shape index (κ2) is 21.5. The van der Waals surface area contributed by atoms with Gasteiger partial charge in [-0.3, -0.25) is 19.2 Å². The predicted molar refractivity (Wildman–Crippen MR) is 164 cm³/mol. The van der Waals surface area contributed by atoms with Gasteiger partial charge in [0, 0.05) is 0 Å². The van der Waals surface area contributed by atoms with E-state index in [4.69, 9.17) is 14.9 Å². The number of carboxylic acids is 2. The van der Waals surface area contributed by atoms with Gasteiger partial charge < -0.3 is 14.9 Å². The van der Waals surface area contributed by atoms with E-state index in [2.05, 4.69) is 6.92 Å². The third-order valence-electron chi connectivity index (χ3n) is 7.07. The number of ether oxygens (including phenoxy) is 1. The fourth-order valence-corrected chi connectivity index (χ4v) is 5.01. The Morgan fingerprint density at radius 3 is 1.44 bits per heavy atom. The predicted octanol–water partition coefficient (Wildman–Crippen LogP) is 8.38. The molecule has 0 amide bonds. The van der Waals surface area contributed by atoms with E-state index >= 15 is 0 Å². The molecule has 0 bridgehead atoms. The molecule has 41 heavy (non-hydrogen) atoms. The van der Waals surface area contributed by atoms with Crippen LogP contribution in [0.1, 0.15) is 112 Å². The van der Waals surface area contributed by atoms with Gasteiger partial charge in [-0.25, -0.2) is 0 Å². The van der Waals surface area contributed by atoms with Gasteiger partial charge in [0.2, 0.25) is 0 Å². The summed E-state index contributed by atoms with van der Waals surface area (Å²) in [6.07, 6.45) is 30.5. The van der Waals surface area contributed by atoms with Crippen LogP contribution >= 0.6 is 0 Å². The highest BCUT2D eigenvalue weighted by molar-refractivity contribution is 6.06. The van der Waals surface area contributed by atoms with Crippen molar-refractivity contribution in [1.82, 2.24) is 0 Å².